The van der Waals surface area contributed by atoms with Crippen molar-refractivity contribution in [3.8, 4) is 17.6 Å². The summed E-state index contributed by atoms with van der Waals surface area (Å²) in [6.07, 6.45) is 1.54. The van der Waals surface area contributed by atoms with Crippen molar-refractivity contribution in [2.45, 2.75) is 0 Å². The fourth-order valence-corrected chi connectivity index (χ4v) is 1.75. The summed E-state index contributed by atoms with van der Waals surface area (Å²) < 4.78 is 0. The molecule has 21 heavy (non-hydrogen) atoms. The number of aromatic nitrogens is 1. The van der Waals surface area contributed by atoms with Crippen LogP contribution < -0.4 is 11.1 Å². The lowest BCUT2D eigenvalue weighted by molar-refractivity contribution is 0.102. The average molecular weight is 302 g/mol. The molecule has 0 aliphatic rings. The maximum atomic E-state index is 12.1. The second-order valence-electron chi connectivity index (χ2n) is 4.06. The van der Waals surface area contributed by atoms with Gasteiger partial charge in [0.15, 0.2) is 0 Å². The number of aromatic hydroxyl groups is 1. The number of carbonyl (C=O) groups excluding carboxylic acids is 1. The number of carbonyl (C=O) groups is 1. The minimum absolute atomic E-state index is 0.0783. The molecule has 1 aromatic carbocycles. The molecule has 0 aliphatic heterocycles. The second kappa shape index (κ2) is 6.75. The molecule has 2 aromatic rings. The number of benzene rings is 1. The standard InChI is InChI=1S/C15H12ClN3O2/c16-12-9-11(3-4-13(12)20)15(21)19-14-8-10(2-1-6-17)5-7-18-14/h3-5,7-9,20H,6,17H2,(H,18,19,21). The smallest absolute Gasteiger partial charge is 0.256 e. The first-order chi connectivity index (χ1) is 10.1. The first kappa shape index (κ1) is 14.9. The molecule has 0 bridgehead atoms. The van der Waals surface area contributed by atoms with Crippen LogP contribution >= 0.6 is 11.6 Å². The maximum absolute atomic E-state index is 12.1. The third-order valence-electron chi connectivity index (χ3n) is 2.55. The van der Waals surface area contributed by atoms with Crippen molar-refractivity contribution in [1.82, 2.24) is 4.98 Å². The summed E-state index contributed by atoms with van der Waals surface area (Å²) in [7, 11) is 0. The Kier molecular flexibility index (Phi) is 4.77. The van der Waals surface area contributed by atoms with Crippen molar-refractivity contribution in [2.24, 2.45) is 5.73 Å². The Morgan fingerprint density at radius 2 is 2.19 bits per heavy atom. The van der Waals surface area contributed by atoms with Crippen LogP contribution in [0.25, 0.3) is 0 Å². The largest absolute Gasteiger partial charge is 0.506 e. The van der Waals surface area contributed by atoms with Gasteiger partial charge in [-0.05, 0) is 30.3 Å². The van der Waals surface area contributed by atoms with Crippen LogP contribution in [0.4, 0.5) is 5.82 Å². The maximum Gasteiger partial charge on any atom is 0.256 e. The number of pyridine rings is 1. The number of phenols is 1. The van der Waals surface area contributed by atoms with Crippen LogP contribution in [0, 0.1) is 11.8 Å². The van der Waals surface area contributed by atoms with Crippen molar-refractivity contribution in [3.63, 3.8) is 0 Å². The summed E-state index contributed by atoms with van der Waals surface area (Å²) in [6, 6.07) is 7.56. The number of nitrogens with one attached hydrogen (secondary N) is 1. The van der Waals surface area contributed by atoms with Crippen LogP contribution in [-0.2, 0) is 0 Å². The first-order valence-electron chi connectivity index (χ1n) is 6.05. The highest BCUT2D eigenvalue weighted by Crippen LogP contribution is 2.24. The Morgan fingerprint density at radius 1 is 1.38 bits per heavy atom. The van der Waals surface area contributed by atoms with Crippen molar-refractivity contribution in [1.29, 1.82) is 0 Å². The molecule has 0 fully saturated rings. The van der Waals surface area contributed by atoms with Crippen LogP contribution in [0.3, 0.4) is 0 Å². The highest BCUT2D eigenvalue weighted by Gasteiger charge is 2.09. The molecule has 1 aromatic heterocycles. The van der Waals surface area contributed by atoms with Gasteiger partial charge in [-0.2, -0.15) is 0 Å². The van der Waals surface area contributed by atoms with Crippen molar-refractivity contribution < 1.29 is 9.90 Å². The summed E-state index contributed by atoms with van der Waals surface area (Å²) in [4.78, 5) is 16.1. The number of halogens is 1. The monoisotopic (exact) mass is 301 g/mol. The highest BCUT2D eigenvalue weighted by atomic mass is 35.5. The van der Waals surface area contributed by atoms with Crippen LogP contribution in [0.2, 0.25) is 5.02 Å². The van der Waals surface area contributed by atoms with E-state index in [2.05, 4.69) is 22.1 Å². The Labute approximate surface area is 126 Å². The van der Waals surface area contributed by atoms with E-state index in [1.165, 1.54) is 18.2 Å². The number of anilines is 1. The zero-order valence-corrected chi connectivity index (χ0v) is 11.7. The molecule has 0 unspecified atom stereocenters. The lowest BCUT2D eigenvalue weighted by Gasteiger charge is -2.05. The molecule has 106 valence electrons. The number of nitrogens with zero attached hydrogens (tertiary/aromatic N) is 1. The Hall–Kier alpha value is -2.55. The summed E-state index contributed by atoms with van der Waals surface area (Å²) >= 11 is 5.77. The molecule has 0 radical (unpaired) electrons. The van der Waals surface area contributed by atoms with Crippen molar-refractivity contribution in [2.75, 3.05) is 11.9 Å². The van der Waals surface area contributed by atoms with Gasteiger partial charge in [-0.15, -0.1) is 0 Å². The molecule has 0 aliphatic carbocycles. The zero-order chi connectivity index (χ0) is 15.2. The van der Waals surface area contributed by atoms with Crippen molar-refractivity contribution in [3.05, 3.63) is 52.7 Å². The third-order valence-corrected chi connectivity index (χ3v) is 2.85. The average Bonchev–Trinajstić information content (AvgIpc) is 2.48. The molecule has 0 atom stereocenters. The minimum Gasteiger partial charge on any atom is -0.506 e. The zero-order valence-electron chi connectivity index (χ0n) is 10.9. The number of phenolic OH excluding ortho intramolecular Hbond substituents is 1. The number of hydrogen-bond acceptors (Lipinski definition) is 4. The number of rotatable bonds is 2. The van der Waals surface area contributed by atoms with Crippen LogP contribution in [-0.4, -0.2) is 22.5 Å². The molecule has 4 N–H and O–H groups in total. The second-order valence-corrected chi connectivity index (χ2v) is 4.46. The lowest BCUT2D eigenvalue weighted by atomic mass is 10.2. The van der Waals surface area contributed by atoms with E-state index in [0.29, 0.717) is 16.9 Å². The van der Waals surface area contributed by atoms with E-state index < -0.39 is 0 Å². The SMILES string of the molecule is NCC#Cc1ccnc(NC(=O)c2ccc(O)c(Cl)c2)c1. The molecule has 6 heteroatoms. The number of hydrogen-bond donors (Lipinski definition) is 3. The summed E-state index contributed by atoms with van der Waals surface area (Å²) in [5, 5.41) is 12.1. The quantitative estimate of drug-likeness (QED) is 0.740. The van der Waals surface area contributed by atoms with Gasteiger partial charge in [-0.3, -0.25) is 4.79 Å². The molecule has 0 saturated carbocycles. The third kappa shape index (κ3) is 3.96. The van der Waals surface area contributed by atoms with Gasteiger partial charge in [0, 0.05) is 17.3 Å². The van der Waals surface area contributed by atoms with E-state index in [4.69, 9.17) is 17.3 Å². The molecular weight excluding hydrogens is 290 g/mol. The molecule has 5 nitrogen and oxygen atoms in total. The summed E-state index contributed by atoms with van der Waals surface area (Å²) in [5.41, 5.74) is 6.33. The molecule has 1 amide bonds. The Bertz CT molecular complexity index is 735. The van der Waals surface area contributed by atoms with E-state index in [1.807, 2.05) is 0 Å². The van der Waals surface area contributed by atoms with Gasteiger partial charge in [0.1, 0.15) is 11.6 Å². The van der Waals surface area contributed by atoms with Crippen LogP contribution in [0.1, 0.15) is 15.9 Å². The van der Waals surface area contributed by atoms with Gasteiger partial charge in [-0.25, -0.2) is 4.98 Å². The molecular formula is C15H12ClN3O2. The number of amides is 1. The van der Waals surface area contributed by atoms with Gasteiger partial charge < -0.3 is 16.2 Å². The van der Waals surface area contributed by atoms with E-state index in [1.54, 1.807) is 18.3 Å². The fraction of sp³-hybridized carbons (Fsp3) is 0.0667. The summed E-state index contributed by atoms with van der Waals surface area (Å²) in [5.74, 6) is 5.49. The highest BCUT2D eigenvalue weighted by molar-refractivity contribution is 6.32. The van der Waals surface area contributed by atoms with Crippen LogP contribution in [0.5, 0.6) is 5.75 Å². The van der Waals surface area contributed by atoms with Crippen molar-refractivity contribution >= 4 is 23.3 Å². The molecule has 1 heterocycles. The Balaban J connectivity index is 2.17. The van der Waals surface area contributed by atoms with Gasteiger partial charge >= 0.3 is 0 Å². The lowest BCUT2D eigenvalue weighted by Crippen LogP contribution is -2.12. The van der Waals surface area contributed by atoms with Crippen LogP contribution in [0.15, 0.2) is 36.5 Å². The normalized spacial score (nSPS) is 9.62. The van der Waals surface area contributed by atoms with Gasteiger partial charge in [0.2, 0.25) is 0 Å². The minimum atomic E-state index is -0.381. The first-order valence-corrected chi connectivity index (χ1v) is 6.43. The molecule has 2 rings (SSSR count). The molecule has 0 saturated heterocycles. The van der Waals surface area contributed by atoms with E-state index in [0.717, 1.165) is 0 Å². The van der Waals surface area contributed by atoms with E-state index in [-0.39, 0.29) is 23.2 Å². The van der Waals surface area contributed by atoms with E-state index in [9.17, 15) is 9.90 Å². The number of nitrogens with two attached hydrogens (primary N) is 1. The predicted octanol–water partition coefficient (Wildman–Crippen LogP) is 2.00. The summed E-state index contributed by atoms with van der Waals surface area (Å²) in [6.45, 7) is 0.260. The fourth-order valence-electron chi connectivity index (χ4n) is 1.57. The molecule has 0 spiro atoms. The van der Waals surface area contributed by atoms with Gasteiger partial charge in [0.25, 0.3) is 5.91 Å². The predicted molar refractivity (Wildman–Crippen MR) is 81.2 cm³/mol. The van der Waals surface area contributed by atoms with Gasteiger partial charge in [-0.1, -0.05) is 23.4 Å². The van der Waals surface area contributed by atoms with E-state index >= 15 is 0 Å². The topological polar surface area (TPSA) is 88.2 Å². The van der Waals surface area contributed by atoms with Gasteiger partial charge in [0.05, 0.1) is 11.6 Å². The Morgan fingerprint density at radius 3 is 2.90 bits per heavy atom.